The number of halogens is 2. The van der Waals surface area contributed by atoms with E-state index in [1.807, 2.05) is 11.3 Å². The van der Waals surface area contributed by atoms with E-state index in [0.29, 0.717) is 6.04 Å². The number of hydrogen-bond acceptors (Lipinski definition) is 3. The average Bonchev–Trinajstić information content (AvgIpc) is 2.74. The highest BCUT2D eigenvalue weighted by Crippen LogP contribution is 2.27. The highest BCUT2D eigenvalue weighted by molar-refractivity contribution is 7.10. The molecule has 0 unspecified atom stereocenters. The second-order valence-corrected chi connectivity index (χ2v) is 4.70. The molecule has 0 bridgehead atoms. The zero-order valence-corrected chi connectivity index (χ0v) is 12.0. The lowest BCUT2D eigenvalue weighted by Gasteiger charge is -2.33. The van der Waals surface area contributed by atoms with Crippen molar-refractivity contribution in [1.82, 2.24) is 10.2 Å². The van der Waals surface area contributed by atoms with Crippen molar-refractivity contribution < 1.29 is 0 Å². The molecule has 5 heteroatoms. The molecule has 94 valence electrons. The highest BCUT2D eigenvalue weighted by Gasteiger charge is 2.20. The van der Waals surface area contributed by atoms with Crippen molar-refractivity contribution in [3.8, 4) is 0 Å². The lowest BCUT2D eigenvalue weighted by molar-refractivity contribution is 0.172. The van der Waals surface area contributed by atoms with Gasteiger partial charge >= 0.3 is 0 Å². The summed E-state index contributed by atoms with van der Waals surface area (Å²) in [6.45, 7) is 6.95. The minimum atomic E-state index is 0. The maximum atomic E-state index is 3.40. The van der Waals surface area contributed by atoms with Gasteiger partial charge in [-0.25, -0.2) is 0 Å². The molecule has 1 fully saturated rings. The number of nitrogens with zero attached hydrogens (tertiary/aromatic N) is 1. The first-order valence-electron chi connectivity index (χ1n) is 5.40. The van der Waals surface area contributed by atoms with E-state index in [1.165, 1.54) is 24.4 Å². The van der Waals surface area contributed by atoms with Crippen molar-refractivity contribution in [2.45, 2.75) is 19.4 Å². The number of piperazine rings is 1. The van der Waals surface area contributed by atoms with E-state index in [9.17, 15) is 0 Å². The predicted octanol–water partition coefficient (Wildman–Crippen LogP) is 2.95. The van der Waals surface area contributed by atoms with Gasteiger partial charge in [0.05, 0.1) is 0 Å². The Labute approximate surface area is 114 Å². The fraction of sp³-hybridized carbons (Fsp3) is 0.636. The number of nitrogens with one attached hydrogen (secondary N) is 1. The minimum Gasteiger partial charge on any atom is -0.314 e. The molecule has 0 aliphatic carbocycles. The number of hydrogen-bond donors (Lipinski definition) is 1. The zero-order chi connectivity index (χ0) is 9.80. The molecule has 1 aromatic rings. The molecule has 1 aromatic heterocycles. The van der Waals surface area contributed by atoms with Gasteiger partial charge in [0.25, 0.3) is 0 Å². The maximum Gasteiger partial charge on any atom is 0.0439 e. The van der Waals surface area contributed by atoms with Crippen LogP contribution in [0.15, 0.2) is 17.5 Å². The lowest BCUT2D eigenvalue weighted by atomic mass is 10.1. The van der Waals surface area contributed by atoms with Gasteiger partial charge in [0, 0.05) is 37.1 Å². The van der Waals surface area contributed by atoms with Gasteiger partial charge in [-0.15, -0.1) is 36.2 Å². The normalized spacial score (nSPS) is 18.3. The van der Waals surface area contributed by atoms with Crippen LogP contribution < -0.4 is 5.32 Å². The summed E-state index contributed by atoms with van der Waals surface area (Å²) in [6.07, 6.45) is 1.22. The molecule has 0 radical (unpaired) electrons. The highest BCUT2D eigenvalue weighted by atomic mass is 35.5. The van der Waals surface area contributed by atoms with Crippen LogP contribution in [0.1, 0.15) is 24.3 Å². The maximum absolute atomic E-state index is 3.40. The Hall–Kier alpha value is 0.200. The molecule has 2 nitrogen and oxygen atoms in total. The van der Waals surface area contributed by atoms with Crippen LogP contribution in [0, 0.1) is 0 Å². The summed E-state index contributed by atoms with van der Waals surface area (Å²) in [7, 11) is 0. The van der Waals surface area contributed by atoms with Gasteiger partial charge in [-0.3, -0.25) is 4.90 Å². The van der Waals surface area contributed by atoms with Crippen LogP contribution in [0.2, 0.25) is 0 Å². The van der Waals surface area contributed by atoms with Gasteiger partial charge < -0.3 is 5.32 Å². The van der Waals surface area contributed by atoms with E-state index in [1.54, 1.807) is 0 Å². The monoisotopic (exact) mass is 282 g/mol. The van der Waals surface area contributed by atoms with Crippen molar-refractivity contribution in [2.24, 2.45) is 0 Å². The molecule has 0 saturated carbocycles. The summed E-state index contributed by atoms with van der Waals surface area (Å²) in [5, 5.41) is 5.58. The van der Waals surface area contributed by atoms with Crippen LogP contribution in [0.3, 0.4) is 0 Å². The first-order chi connectivity index (χ1) is 6.92. The van der Waals surface area contributed by atoms with E-state index >= 15 is 0 Å². The SMILES string of the molecule is CC[C@@H](c1cccs1)N1CCNCC1.Cl.Cl. The van der Waals surface area contributed by atoms with Crippen molar-refractivity contribution in [1.29, 1.82) is 0 Å². The molecular formula is C11H20Cl2N2S. The van der Waals surface area contributed by atoms with Gasteiger partial charge in [-0.1, -0.05) is 13.0 Å². The lowest BCUT2D eigenvalue weighted by Crippen LogP contribution is -2.44. The van der Waals surface area contributed by atoms with Crippen LogP contribution >= 0.6 is 36.2 Å². The molecule has 1 N–H and O–H groups in total. The summed E-state index contributed by atoms with van der Waals surface area (Å²) in [6, 6.07) is 5.07. The van der Waals surface area contributed by atoms with E-state index in [-0.39, 0.29) is 24.8 Å². The summed E-state index contributed by atoms with van der Waals surface area (Å²) in [5.41, 5.74) is 0. The molecule has 2 heterocycles. The quantitative estimate of drug-likeness (QED) is 0.917. The standard InChI is InChI=1S/C11H18N2S.2ClH/c1-2-10(11-4-3-9-14-11)13-7-5-12-6-8-13;;/h3-4,9-10,12H,2,5-8H2,1H3;2*1H/t10-;;/m0../s1. The molecule has 2 rings (SSSR count). The first kappa shape index (κ1) is 16.2. The molecule has 1 aliphatic heterocycles. The van der Waals surface area contributed by atoms with E-state index in [4.69, 9.17) is 0 Å². The average molecular weight is 283 g/mol. The third-order valence-electron chi connectivity index (χ3n) is 2.85. The Morgan fingerprint density at radius 3 is 2.56 bits per heavy atom. The van der Waals surface area contributed by atoms with E-state index < -0.39 is 0 Å². The largest absolute Gasteiger partial charge is 0.314 e. The molecule has 1 saturated heterocycles. The van der Waals surface area contributed by atoms with Crippen LogP contribution in [-0.2, 0) is 0 Å². The Kier molecular flexibility index (Phi) is 8.42. The second-order valence-electron chi connectivity index (χ2n) is 3.73. The third kappa shape index (κ3) is 3.90. The Morgan fingerprint density at radius 1 is 1.38 bits per heavy atom. The van der Waals surface area contributed by atoms with Crippen molar-refractivity contribution in [2.75, 3.05) is 26.2 Å². The number of thiophene rings is 1. The molecule has 0 amide bonds. The van der Waals surface area contributed by atoms with E-state index in [2.05, 4.69) is 34.7 Å². The van der Waals surface area contributed by atoms with Crippen molar-refractivity contribution in [3.63, 3.8) is 0 Å². The van der Waals surface area contributed by atoms with Crippen LogP contribution in [-0.4, -0.2) is 31.1 Å². The van der Waals surface area contributed by atoms with Gasteiger partial charge in [-0.05, 0) is 17.9 Å². The Balaban J connectivity index is 0.00000112. The fourth-order valence-electron chi connectivity index (χ4n) is 2.11. The summed E-state index contributed by atoms with van der Waals surface area (Å²) >= 11 is 1.89. The van der Waals surface area contributed by atoms with Crippen LogP contribution in [0.25, 0.3) is 0 Å². The third-order valence-corrected chi connectivity index (χ3v) is 3.82. The molecule has 1 aliphatic rings. The molecular weight excluding hydrogens is 263 g/mol. The van der Waals surface area contributed by atoms with Gasteiger partial charge in [0.1, 0.15) is 0 Å². The van der Waals surface area contributed by atoms with Crippen molar-refractivity contribution in [3.05, 3.63) is 22.4 Å². The minimum absolute atomic E-state index is 0. The molecule has 16 heavy (non-hydrogen) atoms. The molecule has 0 spiro atoms. The second kappa shape index (κ2) is 8.31. The van der Waals surface area contributed by atoms with E-state index in [0.717, 1.165) is 13.1 Å². The molecule has 0 aromatic carbocycles. The summed E-state index contributed by atoms with van der Waals surface area (Å²) in [4.78, 5) is 4.12. The smallest absolute Gasteiger partial charge is 0.0439 e. The Morgan fingerprint density at radius 2 is 2.06 bits per heavy atom. The first-order valence-corrected chi connectivity index (χ1v) is 6.28. The van der Waals surface area contributed by atoms with Crippen LogP contribution in [0.5, 0.6) is 0 Å². The Bertz CT molecular complexity index is 261. The topological polar surface area (TPSA) is 15.3 Å². The zero-order valence-electron chi connectivity index (χ0n) is 9.52. The summed E-state index contributed by atoms with van der Waals surface area (Å²) < 4.78 is 0. The number of rotatable bonds is 3. The fourth-order valence-corrected chi connectivity index (χ4v) is 3.06. The predicted molar refractivity (Wildman–Crippen MR) is 76.3 cm³/mol. The van der Waals surface area contributed by atoms with Gasteiger partial charge in [0.2, 0.25) is 0 Å². The van der Waals surface area contributed by atoms with Crippen LogP contribution in [0.4, 0.5) is 0 Å². The van der Waals surface area contributed by atoms with Crippen molar-refractivity contribution >= 4 is 36.2 Å². The van der Waals surface area contributed by atoms with Gasteiger partial charge in [0.15, 0.2) is 0 Å². The molecule has 1 atom stereocenters. The summed E-state index contributed by atoms with van der Waals surface area (Å²) in [5.74, 6) is 0. The van der Waals surface area contributed by atoms with Gasteiger partial charge in [-0.2, -0.15) is 0 Å².